The number of aromatic nitrogens is 2. The zero-order valence-electron chi connectivity index (χ0n) is 19.7. The molecule has 0 fully saturated rings. The Kier molecular flexibility index (Phi) is 7.30. The second kappa shape index (κ2) is 10.9. The molecular formula is C27H28N2O5S. The number of hydrogen-bond donors (Lipinski definition) is 1. The molecule has 1 aliphatic carbocycles. The second-order valence-electron chi connectivity index (χ2n) is 8.29. The van der Waals surface area contributed by atoms with Crippen LogP contribution in [0, 0.1) is 0 Å². The number of nitrogens with one attached hydrogen (secondary N) is 1. The molecule has 0 aliphatic heterocycles. The van der Waals surface area contributed by atoms with Gasteiger partial charge in [0.2, 0.25) is 0 Å². The molecule has 2 heterocycles. The van der Waals surface area contributed by atoms with Crippen molar-refractivity contribution in [2.75, 3.05) is 33.5 Å². The highest BCUT2D eigenvalue weighted by molar-refractivity contribution is 7.18. The van der Waals surface area contributed by atoms with E-state index in [1.165, 1.54) is 16.9 Å². The van der Waals surface area contributed by atoms with E-state index in [1.54, 1.807) is 18.4 Å². The summed E-state index contributed by atoms with van der Waals surface area (Å²) in [5.41, 5.74) is 1.89. The summed E-state index contributed by atoms with van der Waals surface area (Å²) in [5.74, 6) is 2.54. The lowest BCUT2D eigenvalue weighted by Gasteiger charge is -2.12. The monoisotopic (exact) mass is 492 g/mol. The Hall–Kier alpha value is -3.36. The van der Waals surface area contributed by atoms with E-state index in [9.17, 15) is 4.79 Å². The summed E-state index contributed by atoms with van der Waals surface area (Å²) in [6, 6.07) is 15.2. The molecule has 0 spiro atoms. The first-order valence-corrected chi connectivity index (χ1v) is 12.7. The number of ether oxygens (including phenoxy) is 4. The zero-order valence-corrected chi connectivity index (χ0v) is 20.5. The molecule has 1 N–H and O–H groups in total. The van der Waals surface area contributed by atoms with Crippen molar-refractivity contribution in [2.24, 2.45) is 0 Å². The average Bonchev–Trinajstić information content (AvgIpc) is 3.28. The van der Waals surface area contributed by atoms with Crippen molar-refractivity contribution in [1.29, 1.82) is 0 Å². The van der Waals surface area contributed by atoms with Crippen LogP contribution in [0.25, 0.3) is 21.6 Å². The Morgan fingerprint density at radius 1 is 0.943 bits per heavy atom. The van der Waals surface area contributed by atoms with Crippen LogP contribution in [-0.2, 0) is 17.6 Å². The number of hydrogen-bond acceptors (Lipinski definition) is 7. The first-order valence-electron chi connectivity index (χ1n) is 11.8. The molecule has 0 amide bonds. The van der Waals surface area contributed by atoms with Gasteiger partial charge in [0.25, 0.3) is 5.56 Å². The quantitative estimate of drug-likeness (QED) is 0.313. The second-order valence-corrected chi connectivity index (χ2v) is 9.38. The van der Waals surface area contributed by atoms with Gasteiger partial charge in [-0.2, -0.15) is 0 Å². The van der Waals surface area contributed by atoms with Gasteiger partial charge in [0.1, 0.15) is 29.6 Å². The fourth-order valence-corrected chi connectivity index (χ4v) is 5.54. The maximum absolute atomic E-state index is 12.9. The normalized spacial score (nSPS) is 12.9. The third kappa shape index (κ3) is 5.33. The molecule has 7 nitrogen and oxygen atoms in total. The maximum atomic E-state index is 12.9. The molecule has 2 aromatic carbocycles. The van der Waals surface area contributed by atoms with Crippen molar-refractivity contribution >= 4 is 21.6 Å². The number of aryl methyl sites for hydroxylation is 2. The third-order valence-electron chi connectivity index (χ3n) is 5.99. The number of aromatic amines is 1. The standard InChI is InChI=1S/C27H28N2O5S/c1-31-22-17-18(25-28-26(30)24-20-9-5-6-10-23(20)35-27(24)29-25)11-12-21(22)34-16-14-32-13-15-33-19-7-3-2-4-8-19/h2-4,7-8,11-12,17H,5-6,9-10,13-16H2,1H3,(H,28,29,30). The van der Waals surface area contributed by atoms with Gasteiger partial charge in [-0.05, 0) is 61.6 Å². The van der Waals surface area contributed by atoms with Crippen LogP contribution >= 0.6 is 11.3 Å². The molecule has 0 saturated carbocycles. The number of nitrogens with zero attached hydrogens (tertiary/aromatic N) is 1. The van der Waals surface area contributed by atoms with Gasteiger partial charge in [0, 0.05) is 10.4 Å². The van der Waals surface area contributed by atoms with E-state index in [2.05, 4.69) is 4.98 Å². The maximum Gasteiger partial charge on any atom is 0.260 e. The van der Waals surface area contributed by atoms with Gasteiger partial charge < -0.3 is 23.9 Å². The predicted molar refractivity (Wildman–Crippen MR) is 137 cm³/mol. The molecular weight excluding hydrogens is 464 g/mol. The summed E-state index contributed by atoms with van der Waals surface area (Å²) in [5, 5.41) is 0.759. The van der Waals surface area contributed by atoms with Crippen molar-refractivity contribution in [2.45, 2.75) is 25.7 Å². The molecule has 0 bridgehead atoms. The van der Waals surface area contributed by atoms with E-state index < -0.39 is 0 Å². The highest BCUT2D eigenvalue weighted by Crippen LogP contribution is 2.35. The number of benzene rings is 2. The minimum atomic E-state index is -0.0721. The van der Waals surface area contributed by atoms with Crippen molar-refractivity contribution in [1.82, 2.24) is 9.97 Å². The third-order valence-corrected chi connectivity index (χ3v) is 7.17. The van der Waals surface area contributed by atoms with E-state index in [0.717, 1.165) is 40.8 Å². The van der Waals surface area contributed by atoms with Crippen LogP contribution < -0.4 is 19.8 Å². The van der Waals surface area contributed by atoms with Crippen molar-refractivity contribution < 1.29 is 18.9 Å². The lowest BCUT2D eigenvalue weighted by Crippen LogP contribution is -2.12. The Labute approximate surface area is 207 Å². The van der Waals surface area contributed by atoms with Gasteiger partial charge in [0.05, 0.1) is 25.7 Å². The SMILES string of the molecule is COc1cc(-c2nc3sc4c(c3c(=O)[nH]2)CCCC4)ccc1OCCOCCOc1ccccc1. The minimum absolute atomic E-state index is 0.0721. The van der Waals surface area contributed by atoms with Crippen LogP contribution in [0.5, 0.6) is 17.2 Å². The molecule has 8 heteroatoms. The van der Waals surface area contributed by atoms with Gasteiger partial charge in [-0.3, -0.25) is 4.79 Å². The van der Waals surface area contributed by atoms with E-state index in [4.69, 9.17) is 23.9 Å². The number of para-hydroxylation sites is 1. The van der Waals surface area contributed by atoms with Gasteiger partial charge in [-0.25, -0.2) is 4.98 Å². The molecule has 0 atom stereocenters. The van der Waals surface area contributed by atoms with Crippen LogP contribution in [0.4, 0.5) is 0 Å². The minimum Gasteiger partial charge on any atom is -0.493 e. The Morgan fingerprint density at radius 2 is 1.74 bits per heavy atom. The van der Waals surface area contributed by atoms with E-state index >= 15 is 0 Å². The fourth-order valence-electron chi connectivity index (χ4n) is 4.28. The van der Waals surface area contributed by atoms with Crippen molar-refractivity contribution in [3.05, 3.63) is 69.3 Å². The van der Waals surface area contributed by atoms with Crippen molar-refractivity contribution in [3.8, 4) is 28.6 Å². The zero-order chi connectivity index (χ0) is 24.0. The van der Waals surface area contributed by atoms with Crippen LogP contribution in [0.3, 0.4) is 0 Å². The number of rotatable bonds is 10. The number of thiophene rings is 1. The van der Waals surface area contributed by atoms with Gasteiger partial charge in [-0.15, -0.1) is 11.3 Å². The van der Waals surface area contributed by atoms with E-state index in [-0.39, 0.29) is 5.56 Å². The summed E-state index contributed by atoms with van der Waals surface area (Å²) in [4.78, 5) is 22.7. The van der Waals surface area contributed by atoms with Gasteiger partial charge in [0.15, 0.2) is 11.5 Å². The molecule has 0 saturated heterocycles. The van der Waals surface area contributed by atoms with E-state index in [1.807, 2.05) is 48.5 Å². The first kappa shape index (κ1) is 23.4. The smallest absolute Gasteiger partial charge is 0.260 e. The average molecular weight is 493 g/mol. The van der Waals surface area contributed by atoms with Crippen molar-refractivity contribution in [3.63, 3.8) is 0 Å². The molecule has 5 rings (SSSR count). The number of methoxy groups -OCH3 is 1. The molecule has 182 valence electrons. The highest BCUT2D eigenvalue weighted by atomic mass is 32.1. The van der Waals surface area contributed by atoms with Crippen LogP contribution in [0.15, 0.2) is 53.3 Å². The fraction of sp³-hybridized carbons (Fsp3) is 0.333. The summed E-state index contributed by atoms with van der Waals surface area (Å²) >= 11 is 1.64. The summed E-state index contributed by atoms with van der Waals surface area (Å²) in [6.45, 7) is 1.76. The molecule has 35 heavy (non-hydrogen) atoms. The van der Waals surface area contributed by atoms with Gasteiger partial charge >= 0.3 is 0 Å². The highest BCUT2D eigenvalue weighted by Gasteiger charge is 2.20. The van der Waals surface area contributed by atoms with Crippen LogP contribution in [-0.4, -0.2) is 43.5 Å². The first-order chi connectivity index (χ1) is 17.2. The predicted octanol–water partition coefficient (Wildman–Crippen LogP) is 5.01. The van der Waals surface area contributed by atoms with Crippen LogP contribution in [0.1, 0.15) is 23.3 Å². The molecule has 0 radical (unpaired) electrons. The Balaban J connectivity index is 1.20. The Morgan fingerprint density at radius 3 is 2.57 bits per heavy atom. The van der Waals surface area contributed by atoms with Gasteiger partial charge in [-0.1, -0.05) is 18.2 Å². The van der Waals surface area contributed by atoms with Crippen LogP contribution in [0.2, 0.25) is 0 Å². The lowest BCUT2D eigenvalue weighted by atomic mass is 9.97. The molecule has 2 aromatic heterocycles. The largest absolute Gasteiger partial charge is 0.493 e. The number of fused-ring (bicyclic) bond motifs is 3. The lowest BCUT2D eigenvalue weighted by molar-refractivity contribution is 0.0757. The molecule has 4 aromatic rings. The molecule has 1 aliphatic rings. The summed E-state index contributed by atoms with van der Waals surface area (Å²) < 4.78 is 22.6. The van der Waals surface area contributed by atoms with E-state index in [0.29, 0.717) is 43.8 Å². The topological polar surface area (TPSA) is 82.7 Å². The summed E-state index contributed by atoms with van der Waals surface area (Å²) in [6.07, 6.45) is 4.30. The Bertz CT molecular complexity index is 1350. The number of H-pyrrole nitrogens is 1. The molecule has 0 unspecified atom stereocenters. The summed E-state index contributed by atoms with van der Waals surface area (Å²) in [7, 11) is 1.59.